The molecule has 1 aromatic heterocycles. The molecule has 1 aliphatic carbocycles. The topological polar surface area (TPSA) is 57.7 Å². The first-order valence-electron chi connectivity index (χ1n) is 8.71. The van der Waals surface area contributed by atoms with Gasteiger partial charge in [0.1, 0.15) is 4.21 Å². The first-order valence-corrected chi connectivity index (χ1v) is 11.8. The second kappa shape index (κ2) is 8.00. The zero-order valence-electron chi connectivity index (χ0n) is 14.4. The Morgan fingerprint density at radius 1 is 1.11 bits per heavy atom. The number of sulfonamides is 1. The van der Waals surface area contributed by atoms with Gasteiger partial charge in [-0.2, -0.15) is 17.5 Å². The maximum absolute atomic E-state index is 13.3. The van der Waals surface area contributed by atoms with Crippen molar-refractivity contribution in [2.75, 3.05) is 26.2 Å². The van der Waals surface area contributed by atoms with E-state index in [1.165, 1.54) is 15.3 Å². The standard InChI is InChI=1S/C16H20BrF3N2O3S2/c17-13-5-6-14(26-13)27(24,25)22-9-7-21(8-10-22)15(23)11-3-1-2-4-12(11)16(18,19)20/h5-6,11-12H,1-4,7-10H2. The lowest BCUT2D eigenvalue weighted by atomic mass is 9.78. The number of carbonyl (C=O) groups is 1. The Bertz CT molecular complexity index is 789. The summed E-state index contributed by atoms with van der Waals surface area (Å²) in [5.74, 6) is -3.13. The lowest BCUT2D eigenvalue weighted by molar-refractivity contribution is -0.201. The Balaban J connectivity index is 1.65. The minimum absolute atomic E-state index is 0.0124. The number of piperazine rings is 1. The Labute approximate surface area is 168 Å². The quantitative estimate of drug-likeness (QED) is 0.651. The fourth-order valence-corrected chi connectivity index (χ4v) is 7.35. The van der Waals surface area contributed by atoms with Crippen LogP contribution < -0.4 is 0 Å². The monoisotopic (exact) mass is 488 g/mol. The molecule has 27 heavy (non-hydrogen) atoms. The third kappa shape index (κ3) is 4.51. The van der Waals surface area contributed by atoms with E-state index in [1.54, 1.807) is 6.07 Å². The van der Waals surface area contributed by atoms with Crippen LogP contribution in [0.2, 0.25) is 0 Å². The van der Waals surface area contributed by atoms with Gasteiger partial charge in [0.15, 0.2) is 0 Å². The number of halogens is 4. The molecule has 1 saturated carbocycles. The molecule has 1 aliphatic heterocycles. The summed E-state index contributed by atoms with van der Waals surface area (Å²) in [6, 6.07) is 3.16. The molecule has 2 fully saturated rings. The number of rotatable bonds is 3. The highest BCUT2D eigenvalue weighted by atomic mass is 79.9. The number of hydrogen-bond acceptors (Lipinski definition) is 4. The van der Waals surface area contributed by atoms with Crippen molar-refractivity contribution in [2.24, 2.45) is 11.8 Å². The molecule has 0 aromatic carbocycles. The lowest BCUT2D eigenvalue weighted by Crippen LogP contribution is -2.53. The van der Waals surface area contributed by atoms with E-state index in [0.717, 1.165) is 11.3 Å². The Kier molecular flexibility index (Phi) is 6.24. The van der Waals surface area contributed by atoms with Crippen molar-refractivity contribution < 1.29 is 26.4 Å². The fraction of sp³-hybridized carbons (Fsp3) is 0.688. The van der Waals surface area contributed by atoms with E-state index in [1.807, 2.05) is 0 Å². The molecule has 1 saturated heterocycles. The van der Waals surface area contributed by atoms with Crippen molar-refractivity contribution in [2.45, 2.75) is 36.1 Å². The molecule has 0 spiro atoms. The average Bonchev–Trinajstić information content (AvgIpc) is 3.08. The lowest BCUT2D eigenvalue weighted by Gasteiger charge is -2.39. The second-order valence-electron chi connectivity index (χ2n) is 6.83. The Morgan fingerprint density at radius 2 is 1.74 bits per heavy atom. The molecular formula is C16H20BrF3N2O3S2. The van der Waals surface area contributed by atoms with E-state index in [0.29, 0.717) is 16.6 Å². The molecule has 5 nitrogen and oxygen atoms in total. The van der Waals surface area contributed by atoms with Gasteiger partial charge in [-0.1, -0.05) is 12.8 Å². The summed E-state index contributed by atoms with van der Waals surface area (Å²) >= 11 is 4.34. The van der Waals surface area contributed by atoms with Crippen molar-refractivity contribution in [3.63, 3.8) is 0 Å². The number of alkyl halides is 3. The van der Waals surface area contributed by atoms with Crippen LogP contribution in [0.1, 0.15) is 25.7 Å². The molecule has 2 aliphatic rings. The molecule has 0 radical (unpaired) electrons. The number of amides is 1. The smallest absolute Gasteiger partial charge is 0.340 e. The molecular weight excluding hydrogens is 469 g/mol. The third-order valence-corrected chi connectivity index (χ3v) is 9.19. The van der Waals surface area contributed by atoms with Crippen LogP contribution in [-0.4, -0.2) is 55.9 Å². The molecule has 2 atom stereocenters. The van der Waals surface area contributed by atoms with Gasteiger partial charge in [0.25, 0.3) is 10.0 Å². The van der Waals surface area contributed by atoms with Crippen molar-refractivity contribution in [3.8, 4) is 0 Å². The van der Waals surface area contributed by atoms with E-state index < -0.39 is 33.9 Å². The van der Waals surface area contributed by atoms with Gasteiger partial charge < -0.3 is 4.90 Å². The van der Waals surface area contributed by atoms with Gasteiger partial charge in [0.2, 0.25) is 5.91 Å². The summed E-state index contributed by atoms with van der Waals surface area (Å²) in [5.41, 5.74) is 0. The van der Waals surface area contributed by atoms with E-state index >= 15 is 0 Å². The van der Waals surface area contributed by atoms with Gasteiger partial charge in [0, 0.05) is 32.1 Å². The number of hydrogen-bond donors (Lipinski definition) is 0. The first-order chi connectivity index (χ1) is 12.6. The maximum Gasteiger partial charge on any atom is 0.392 e. The van der Waals surface area contributed by atoms with Gasteiger partial charge in [-0.15, -0.1) is 11.3 Å². The van der Waals surface area contributed by atoms with Crippen LogP contribution >= 0.6 is 27.3 Å². The molecule has 2 unspecified atom stereocenters. The average molecular weight is 489 g/mol. The summed E-state index contributed by atoms with van der Waals surface area (Å²) in [7, 11) is -3.65. The van der Waals surface area contributed by atoms with Crippen LogP contribution in [0.15, 0.2) is 20.1 Å². The van der Waals surface area contributed by atoms with Crippen LogP contribution in [0.3, 0.4) is 0 Å². The highest BCUT2D eigenvalue weighted by molar-refractivity contribution is 9.11. The minimum atomic E-state index is -4.38. The molecule has 2 heterocycles. The van der Waals surface area contributed by atoms with Crippen LogP contribution in [0.25, 0.3) is 0 Å². The van der Waals surface area contributed by atoms with Crippen molar-refractivity contribution in [1.82, 2.24) is 9.21 Å². The predicted octanol–water partition coefficient (Wildman–Crippen LogP) is 3.71. The highest BCUT2D eigenvalue weighted by Crippen LogP contribution is 2.42. The summed E-state index contributed by atoms with van der Waals surface area (Å²) < 4.78 is 67.2. The fourth-order valence-electron chi connectivity index (χ4n) is 3.77. The SMILES string of the molecule is O=C(C1CCCCC1C(F)(F)F)N1CCN(S(=O)(=O)c2ccc(Br)s2)CC1. The van der Waals surface area contributed by atoms with Crippen LogP contribution in [0.4, 0.5) is 13.2 Å². The van der Waals surface area contributed by atoms with Crippen molar-refractivity contribution >= 4 is 43.2 Å². The summed E-state index contributed by atoms with van der Waals surface area (Å²) in [6.45, 7) is 0.414. The molecule has 3 rings (SSSR count). The van der Waals surface area contributed by atoms with Gasteiger partial charge in [-0.05, 0) is 40.9 Å². The third-order valence-electron chi connectivity index (χ3n) is 5.20. The zero-order valence-corrected chi connectivity index (χ0v) is 17.6. The van der Waals surface area contributed by atoms with E-state index in [9.17, 15) is 26.4 Å². The van der Waals surface area contributed by atoms with E-state index in [2.05, 4.69) is 15.9 Å². The minimum Gasteiger partial charge on any atom is -0.340 e. The molecule has 0 bridgehead atoms. The molecule has 11 heteroatoms. The molecule has 1 amide bonds. The number of thiophene rings is 1. The summed E-state index contributed by atoms with van der Waals surface area (Å²) in [6.07, 6.45) is -3.05. The second-order valence-corrected chi connectivity index (χ2v) is 11.5. The molecule has 0 N–H and O–H groups in total. The Morgan fingerprint density at radius 3 is 2.30 bits per heavy atom. The normalized spacial score (nSPS) is 25.6. The first kappa shape index (κ1) is 21.1. The van der Waals surface area contributed by atoms with Crippen LogP contribution in [-0.2, 0) is 14.8 Å². The largest absolute Gasteiger partial charge is 0.392 e. The number of carbonyl (C=O) groups excluding carboxylic acids is 1. The van der Waals surface area contributed by atoms with Gasteiger partial charge in [-0.3, -0.25) is 4.79 Å². The van der Waals surface area contributed by atoms with Gasteiger partial charge in [0.05, 0.1) is 9.70 Å². The van der Waals surface area contributed by atoms with Gasteiger partial charge >= 0.3 is 6.18 Å². The summed E-state index contributed by atoms with van der Waals surface area (Å²) in [5, 5.41) is 0. The van der Waals surface area contributed by atoms with Gasteiger partial charge in [-0.25, -0.2) is 8.42 Å². The molecule has 152 valence electrons. The Hall–Kier alpha value is -0.650. The van der Waals surface area contributed by atoms with Crippen LogP contribution in [0.5, 0.6) is 0 Å². The maximum atomic E-state index is 13.3. The van der Waals surface area contributed by atoms with Crippen LogP contribution in [0, 0.1) is 11.8 Å². The summed E-state index contributed by atoms with van der Waals surface area (Å²) in [4.78, 5) is 14.1. The predicted molar refractivity (Wildman–Crippen MR) is 98.9 cm³/mol. The highest BCUT2D eigenvalue weighted by Gasteiger charge is 2.49. The van der Waals surface area contributed by atoms with Crippen molar-refractivity contribution in [3.05, 3.63) is 15.9 Å². The zero-order chi connectivity index (χ0) is 19.8. The molecule has 1 aromatic rings. The number of nitrogens with zero attached hydrogens (tertiary/aromatic N) is 2. The van der Waals surface area contributed by atoms with Crippen molar-refractivity contribution in [1.29, 1.82) is 0 Å². The van der Waals surface area contributed by atoms with E-state index in [-0.39, 0.29) is 43.2 Å². The van der Waals surface area contributed by atoms with E-state index in [4.69, 9.17) is 0 Å².